The number of sulfone groups is 1. The van der Waals surface area contributed by atoms with Crippen LogP contribution in [0, 0.1) is 10.1 Å². The van der Waals surface area contributed by atoms with Crippen molar-refractivity contribution in [2.75, 3.05) is 12.1 Å². The molecule has 0 aliphatic carbocycles. The van der Waals surface area contributed by atoms with Crippen LogP contribution in [-0.2, 0) is 9.84 Å². The molecule has 5 nitrogen and oxygen atoms in total. The summed E-state index contributed by atoms with van der Waals surface area (Å²) in [5.74, 6) is 0.357. The second kappa shape index (κ2) is 5.90. The SMILES string of the molecule is CC(CCl)Sc1ccc(S(C)(=O)=O)cc1[N+](=O)[O-]. The van der Waals surface area contributed by atoms with Gasteiger partial charge in [-0.1, -0.05) is 6.92 Å². The molecule has 1 aromatic rings. The third-order valence-corrected chi connectivity index (χ3v) is 5.03. The van der Waals surface area contributed by atoms with Crippen LogP contribution in [0.1, 0.15) is 6.92 Å². The number of thioether (sulfide) groups is 1. The van der Waals surface area contributed by atoms with Crippen LogP contribution in [0.2, 0.25) is 0 Å². The Balaban J connectivity index is 3.25. The molecule has 0 heterocycles. The molecule has 0 saturated carbocycles. The van der Waals surface area contributed by atoms with E-state index in [9.17, 15) is 18.5 Å². The van der Waals surface area contributed by atoms with Crippen molar-refractivity contribution < 1.29 is 13.3 Å². The van der Waals surface area contributed by atoms with Crippen LogP contribution in [0.4, 0.5) is 5.69 Å². The smallest absolute Gasteiger partial charge is 0.258 e. The number of nitrogens with zero attached hydrogens (tertiary/aromatic N) is 1. The summed E-state index contributed by atoms with van der Waals surface area (Å²) in [6.45, 7) is 1.84. The maximum atomic E-state index is 11.3. The van der Waals surface area contributed by atoms with Crippen molar-refractivity contribution in [2.45, 2.75) is 22.0 Å². The third kappa shape index (κ3) is 3.86. The number of alkyl halides is 1. The Hall–Kier alpha value is -0.790. The van der Waals surface area contributed by atoms with Crippen LogP contribution < -0.4 is 0 Å². The van der Waals surface area contributed by atoms with E-state index < -0.39 is 14.8 Å². The fraction of sp³-hybridized carbons (Fsp3) is 0.400. The van der Waals surface area contributed by atoms with E-state index in [4.69, 9.17) is 11.6 Å². The van der Waals surface area contributed by atoms with Crippen LogP contribution in [-0.4, -0.2) is 30.7 Å². The minimum atomic E-state index is -3.45. The first kappa shape index (κ1) is 15.3. The monoisotopic (exact) mass is 309 g/mol. The number of nitro groups is 1. The van der Waals surface area contributed by atoms with Gasteiger partial charge in [0.05, 0.1) is 14.7 Å². The molecule has 0 bridgehead atoms. The first-order valence-corrected chi connectivity index (χ1v) is 8.27. The quantitative estimate of drug-likeness (QED) is 0.362. The summed E-state index contributed by atoms with van der Waals surface area (Å²) in [4.78, 5) is 10.7. The molecule has 0 aliphatic heterocycles. The number of nitro benzene ring substituents is 1. The highest BCUT2D eigenvalue weighted by Gasteiger charge is 2.20. The van der Waals surface area contributed by atoms with E-state index in [1.54, 1.807) is 0 Å². The molecule has 18 heavy (non-hydrogen) atoms. The minimum Gasteiger partial charge on any atom is -0.258 e. The Morgan fingerprint density at radius 2 is 2.11 bits per heavy atom. The highest BCUT2D eigenvalue weighted by Crippen LogP contribution is 2.34. The van der Waals surface area contributed by atoms with Crippen molar-refractivity contribution in [3.63, 3.8) is 0 Å². The summed E-state index contributed by atoms with van der Waals surface area (Å²) in [6, 6.07) is 3.90. The number of benzene rings is 1. The summed E-state index contributed by atoms with van der Waals surface area (Å²) in [5.41, 5.74) is -0.208. The second-order valence-electron chi connectivity index (χ2n) is 3.74. The third-order valence-electron chi connectivity index (χ3n) is 2.10. The van der Waals surface area contributed by atoms with Gasteiger partial charge in [0.15, 0.2) is 9.84 Å². The molecule has 0 radical (unpaired) electrons. The molecular weight excluding hydrogens is 298 g/mol. The predicted octanol–water partition coefficient (Wildman–Crippen LogP) is 2.72. The zero-order valence-corrected chi connectivity index (χ0v) is 12.2. The van der Waals surface area contributed by atoms with Gasteiger partial charge in [-0.3, -0.25) is 10.1 Å². The van der Waals surface area contributed by atoms with Gasteiger partial charge in [-0.25, -0.2) is 8.42 Å². The van der Waals surface area contributed by atoms with Gasteiger partial charge < -0.3 is 0 Å². The Morgan fingerprint density at radius 1 is 1.50 bits per heavy atom. The van der Waals surface area contributed by atoms with E-state index in [0.29, 0.717) is 10.8 Å². The van der Waals surface area contributed by atoms with Gasteiger partial charge in [-0.2, -0.15) is 0 Å². The number of hydrogen-bond acceptors (Lipinski definition) is 5. The molecule has 0 aliphatic rings. The molecular formula is C10H12ClNO4S2. The molecule has 100 valence electrons. The lowest BCUT2D eigenvalue weighted by molar-refractivity contribution is -0.388. The van der Waals surface area contributed by atoms with Crippen LogP contribution in [0.3, 0.4) is 0 Å². The van der Waals surface area contributed by atoms with E-state index in [1.807, 2.05) is 6.92 Å². The van der Waals surface area contributed by atoms with Gasteiger partial charge in [0.25, 0.3) is 5.69 Å². The Labute approximate surface area is 115 Å². The van der Waals surface area contributed by atoms with E-state index >= 15 is 0 Å². The van der Waals surface area contributed by atoms with Crippen molar-refractivity contribution >= 4 is 38.9 Å². The Morgan fingerprint density at radius 3 is 2.56 bits per heavy atom. The lowest BCUT2D eigenvalue weighted by atomic mass is 10.3. The van der Waals surface area contributed by atoms with E-state index in [1.165, 1.54) is 23.9 Å². The maximum Gasteiger partial charge on any atom is 0.284 e. The zero-order chi connectivity index (χ0) is 13.9. The average molecular weight is 310 g/mol. The Kier molecular flexibility index (Phi) is 5.01. The largest absolute Gasteiger partial charge is 0.284 e. The van der Waals surface area contributed by atoms with Crippen LogP contribution in [0.5, 0.6) is 0 Å². The van der Waals surface area contributed by atoms with Crippen LogP contribution in [0.25, 0.3) is 0 Å². The van der Waals surface area contributed by atoms with E-state index in [2.05, 4.69) is 0 Å². The average Bonchev–Trinajstić information content (AvgIpc) is 2.27. The number of halogens is 1. The molecule has 1 unspecified atom stereocenters. The fourth-order valence-electron chi connectivity index (χ4n) is 1.22. The minimum absolute atomic E-state index is 0.00875. The lowest BCUT2D eigenvalue weighted by Gasteiger charge is -2.08. The summed E-state index contributed by atoms with van der Waals surface area (Å²) >= 11 is 6.90. The van der Waals surface area contributed by atoms with Crippen LogP contribution >= 0.6 is 23.4 Å². The standard InChI is InChI=1S/C10H12ClNO4S2/c1-7(6-11)17-10-4-3-8(18(2,15)16)5-9(10)12(13)14/h3-5,7H,6H2,1-2H3. The summed E-state index contributed by atoms with van der Waals surface area (Å²) in [7, 11) is -3.45. The second-order valence-corrected chi connectivity index (χ2v) is 7.55. The highest BCUT2D eigenvalue weighted by atomic mass is 35.5. The fourth-order valence-corrected chi connectivity index (χ4v) is 2.95. The number of rotatable bonds is 5. The highest BCUT2D eigenvalue weighted by molar-refractivity contribution is 8.00. The normalized spacial score (nSPS) is 13.3. The van der Waals surface area contributed by atoms with Gasteiger partial charge in [0.1, 0.15) is 0 Å². The molecule has 0 aromatic heterocycles. The van der Waals surface area contributed by atoms with Crippen molar-refractivity contribution in [2.24, 2.45) is 0 Å². The van der Waals surface area contributed by atoms with Gasteiger partial charge in [-0.15, -0.1) is 23.4 Å². The van der Waals surface area contributed by atoms with Crippen molar-refractivity contribution in [3.8, 4) is 0 Å². The topological polar surface area (TPSA) is 77.3 Å². The molecule has 0 amide bonds. The first-order chi connectivity index (χ1) is 8.25. The molecule has 1 aromatic carbocycles. The molecule has 1 rings (SSSR count). The molecule has 8 heteroatoms. The van der Waals surface area contributed by atoms with E-state index in [0.717, 1.165) is 12.3 Å². The molecule has 0 saturated heterocycles. The predicted molar refractivity (Wildman–Crippen MR) is 72.2 cm³/mol. The van der Waals surface area contributed by atoms with Crippen LogP contribution in [0.15, 0.2) is 28.0 Å². The Bertz CT molecular complexity index is 559. The van der Waals surface area contributed by atoms with Crippen molar-refractivity contribution in [3.05, 3.63) is 28.3 Å². The molecule has 0 N–H and O–H groups in total. The van der Waals surface area contributed by atoms with Gasteiger partial charge in [-0.05, 0) is 12.1 Å². The first-order valence-electron chi connectivity index (χ1n) is 4.97. The van der Waals surface area contributed by atoms with Gasteiger partial charge in [0, 0.05) is 23.5 Å². The molecule has 1 atom stereocenters. The van der Waals surface area contributed by atoms with Gasteiger partial charge in [0.2, 0.25) is 0 Å². The van der Waals surface area contributed by atoms with Gasteiger partial charge >= 0.3 is 0 Å². The van der Waals surface area contributed by atoms with Crippen molar-refractivity contribution in [1.82, 2.24) is 0 Å². The molecule has 0 fully saturated rings. The van der Waals surface area contributed by atoms with Crippen molar-refractivity contribution in [1.29, 1.82) is 0 Å². The zero-order valence-electron chi connectivity index (χ0n) is 9.79. The summed E-state index contributed by atoms with van der Waals surface area (Å²) in [5, 5.41) is 10.9. The van der Waals surface area contributed by atoms with E-state index in [-0.39, 0.29) is 15.8 Å². The summed E-state index contributed by atoms with van der Waals surface area (Å²) in [6.07, 6.45) is 1.01. The maximum absolute atomic E-state index is 11.3. The lowest BCUT2D eigenvalue weighted by Crippen LogP contribution is -2.02. The molecule has 0 spiro atoms. The number of hydrogen-bond donors (Lipinski definition) is 0. The summed E-state index contributed by atoms with van der Waals surface area (Å²) < 4.78 is 22.7.